The minimum atomic E-state index is 0.514. The summed E-state index contributed by atoms with van der Waals surface area (Å²) in [5.74, 6) is 0. The molecule has 1 aliphatic rings. The number of benzene rings is 1. The van der Waals surface area contributed by atoms with Crippen LogP contribution in [0.4, 0.5) is 5.69 Å². The van der Waals surface area contributed by atoms with Crippen molar-refractivity contribution in [1.82, 2.24) is 0 Å². The van der Waals surface area contributed by atoms with E-state index in [0.717, 1.165) is 5.02 Å². The fourth-order valence-electron chi connectivity index (χ4n) is 0.760. The molecule has 0 radical (unpaired) electrons. The molecule has 0 aliphatic carbocycles. The maximum atomic E-state index is 5.80. The molecule has 0 amide bonds. The van der Waals surface area contributed by atoms with Gasteiger partial charge in [-0.15, -0.1) is 0 Å². The number of nitrogens with one attached hydrogen (secondary N) is 1. The Labute approximate surface area is 73.9 Å². The molecule has 52 valence electrons. The van der Waals surface area contributed by atoms with Crippen molar-refractivity contribution in [2.75, 3.05) is 4.72 Å². The Balaban J connectivity index is 2.52. The molecule has 0 unspecified atom stereocenters. The number of halogens is 1. The van der Waals surface area contributed by atoms with E-state index in [1.54, 1.807) is 10.4 Å². The number of hydrogen-bond acceptors (Lipinski definition) is 2. The van der Waals surface area contributed by atoms with Crippen molar-refractivity contribution in [2.24, 2.45) is 0 Å². The van der Waals surface area contributed by atoms with Crippen LogP contribution in [0, 0.1) is 0 Å². The van der Waals surface area contributed by atoms with E-state index in [-0.39, 0.29) is 0 Å². The average Bonchev–Trinajstić information content (AvgIpc) is 2.33. The monoisotopic (exact) mass is 237 g/mol. The van der Waals surface area contributed by atoms with Crippen LogP contribution in [-0.2, 0) is 0 Å². The van der Waals surface area contributed by atoms with Crippen LogP contribution in [0.1, 0.15) is 0 Å². The van der Waals surface area contributed by atoms with Crippen LogP contribution in [-0.4, -0.2) is 13.8 Å². The summed E-state index contributed by atoms with van der Waals surface area (Å²) in [4.78, 5) is 0. The molecule has 0 spiro atoms. The van der Waals surface area contributed by atoms with Gasteiger partial charge in [0.25, 0.3) is 0 Å². The van der Waals surface area contributed by atoms with Gasteiger partial charge in [-0.1, -0.05) is 0 Å². The zero-order valence-electron chi connectivity index (χ0n) is 4.93. The Morgan fingerprint density at radius 2 is 2.40 bits per heavy atom. The summed E-state index contributed by atoms with van der Waals surface area (Å²) in [5.41, 5.74) is 1.23. The minimum absolute atomic E-state index is 0.514. The molecular weight excluding hydrogens is 233 g/mol. The summed E-state index contributed by atoms with van der Waals surface area (Å²) < 4.78 is 4.58. The second-order valence-corrected chi connectivity index (χ2v) is 5.90. The van der Waals surface area contributed by atoms with E-state index >= 15 is 0 Å². The first kappa shape index (κ1) is 6.86. The molecule has 10 heavy (non-hydrogen) atoms. The molecule has 0 aromatic heterocycles. The Hall–Kier alpha value is 0.179. The summed E-state index contributed by atoms with van der Waals surface area (Å²) in [6.07, 6.45) is 0. The van der Waals surface area contributed by atoms with E-state index in [1.165, 1.54) is 10.1 Å². The van der Waals surface area contributed by atoms with E-state index in [0.29, 0.717) is 13.8 Å². The number of anilines is 1. The van der Waals surface area contributed by atoms with Crippen LogP contribution in [0.15, 0.2) is 18.2 Å². The van der Waals surface area contributed by atoms with Gasteiger partial charge in [-0.05, 0) is 0 Å². The Morgan fingerprint density at radius 1 is 1.50 bits per heavy atom. The maximum absolute atomic E-state index is 5.80. The third-order valence-corrected chi connectivity index (χ3v) is 4.92. The van der Waals surface area contributed by atoms with Crippen molar-refractivity contribution in [3.63, 3.8) is 0 Å². The van der Waals surface area contributed by atoms with Gasteiger partial charge in [-0.2, -0.15) is 0 Å². The average molecular weight is 237 g/mol. The predicted octanol–water partition coefficient (Wildman–Crippen LogP) is 1.66. The van der Waals surface area contributed by atoms with E-state index in [1.807, 2.05) is 18.2 Å². The molecule has 0 atom stereocenters. The standard InChI is InChI=1S/C6H4ClNSSe/c7-4-1-2-5-6(3-4)10-9-8-5/h1-3,8H. The van der Waals surface area contributed by atoms with Gasteiger partial charge < -0.3 is 0 Å². The molecule has 0 fully saturated rings. The molecular formula is C6H4ClNSSe. The Morgan fingerprint density at radius 3 is 3.30 bits per heavy atom. The topological polar surface area (TPSA) is 12.0 Å². The zero-order chi connectivity index (χ0) is 6.97. The summed E-state index contributed by atoms with van der Waals surface area (Å²) in [6, 6.07) is 5.97. The molecule has 1 nitrogen and oxygen atoms in total. The van der Waals surface area contributed by atoms with Crippen LogP contribution in [0.3, 0.4) is 0 Å². The van der Waals surface area contributed by atoms with Crippen molar-refractivity contribution >= 4 is 46.0 Å². The molecule has 2 rings (SSSR count). The van der Waals surface area contributed by atoms with Crippen molar-refractivity contribution < 1.29 is 0 Å². The molecule has 0 bridgehead atoms. The molecule has 1 aromatic rings. The van der Waals surface area contributed by atoms with Gasteiger partial charge in [0, 0.05) is 0 Å². The van der Waals surface area contributed by atoms with Crippen LogP contribution in [0.25, 0.3) is 0 Å². The molecule has 4 heteroatoms. The van der Waals surface area contributed by atoms with E-state index in [4.69, 9.17) is 11.6 Å². The second kappa shape index (κ2) is 2.67. The molecule has 0 saturated heterocycles. The van der Waals surface area contributed by atoms with E-state index < -0.39 is 0 Å². The molecule has 1 aliphatic heterocycles. The van der Waals surface area contributed by atoms with Gasteiger partial charge >= 0.3 is 73.9 Å². The van der Waals surface area contributed by atoms with Crippen LogP contribution in [0.2, 0.25) is 5.02 Å². The number of fused-ring (bicyclic) bond motifs is 1. The quantitative estimate of drug-likeness (QED) is 0.543. The third-order valence-electron chi connectivity index (χ3n) is 1.23. The Bertz CT molecular complexity index is 266. The summed E-state index contributed by atoms with van der Waals surface area (Å²) in [5, 5.41) is 0.838. The van der Waals surface area contributed by atoms with Crippen molar-refractivity contribution in [3.05, 3.63) is 23.2 Å². The number of hydrogen-bond donors (Lipinski definition) is 1. The first-order chi connectivity index (χ1) is 4.86. The molecule has 1 heterocycles. The van der Waals surface area contributed by atoms with Gasteiger partial charge in [0.15, 0.2) is 0 Å². The van der Waals surface area contributed by atoms with Gasteiger partial charge in [0.1, 0.15) is 0 Å². The first-order valence-electron chi connectivity index (χ1n) is 2.75. The first-order valence-corrected chi connectivity index (χ1v) is 6.83. The third kappa shape index (κ3) is 1.15. The van der Waals surface area contributed by atoms with Crippen LogP contribution >= 0.6 is 22.0 Å². The second-order valence-electron chi connectivity index (χ2n) is 1.91. The predicted molar refractivity (Wildman–Crippen MR) is 48.1 cm³/mol. The fourth-order valence-corrected chi connectivity index (χ4v) is 4.54. The summed E-state index contributed by atoms with van der Waals surface area (Å²) in [6.45, 7) is 0. The van der Waals surface area contributed by atoms with Crippen molar-refractivity contribution in [2.45, 2.75) is 0 Å². The molecule has 1 aromatic carbocycles. The van der Waals surface area contributed by atoms with E-state index in [9.17, 15) is 0 Å². The SMILES string of the molecule is Clc1ccc2c(c1)[Se]SN2. The van der Waals surface area contributed by atoms with Crippen LogP contribution < -0.4 is 9.18 Å². The zero-order valence-corrected chi connectivity index (χ0v) is 8.21. The normalized spacial score (nSPS) is 14.5. The summed E-state index contributed by atoms with van der Waals surface area (Å²) in [7, 11) is 1.77. The van der Waals surface area contributed by atoms with Gasteiger partial charge in [0.2, 0.25) is 0 Å². The van der Waals surface area contributed by atoms with E-state index in [2.05, 4.69) is 4.72 Å². The summed E-state index contributed by atoms with van der Waals surface area (Å²) >= 11 is 6.31. The van der Waals surface area contributed by atoms with Gasteiger partial charge in [0.05, 0.1) is 0 Å². The molecule has 0 saturated carbocycles. The fraction of sp³-hybridized carbons (Fsp3) is 0. The van der Waals surface area contributed by atoms with Crippen molar-refractivity contribution in [3.8, 4) is 0 Å². The van der Waals surface area contributed by atoms with Gasteiger partial charge in [-0.25, -0.2) is 0 Å². The van der Waals surface area contributed by atoms with Crippen LogP contribution in [0.5, 0.6) is 0 Å². The van der Waals surface area contributed by atoms with Crippen molar-refractivity contribution in [1.29, 1.82) is 0 Å². The Kier molecular flexibility index (Phi) is 1.83. The molecule has 1 N–H and O–H groups in total. The van der Waals surface area contributed by atoms with Gasteiger partial charge in [-0.3, -0.25) is 0 Å². The number of rotatable bonds is 0.